The lowest BCUT2D eigenvalue weighted by Crippen LogP contribution is -2.23. The molecule has 0 saturated heterocycles. The lowest BCUT2D eigenvalue weighted by molar-refractivity contribution is 0.484. The minimum Gasteiger partial charge on any atom is -0.302 e. The standard InChI is InChI=1S/C15H17FN2/c1-11(13-6-4-3-5-7-13)18-12(2)15-9-8-14(16)10-17-15/h3-12,18H,1-2H3. The van der Waals surface area contributed by atoms with Gasteiger partial charge in [-0.1, -0.05) is 30.3 Å². The minimum atomic E-state index is -0.304. The zero-order valence-corrected chi connectivity index (χ0v) is 10.6. The highest BCUT2D eigenvalue weighted by Crippen LogP contribution is 2.17. The maximum Gasteiger partial charge on any atom is 0.141 e. The molecule has 2 atom stereocenters. The fraction of sp³-hybridized carbons (Fsp3) is 0.267. The summed E-state index contributed by atoms with van der Waals surface area (Å²) in [6.45, 7) is 4.13. The van der Waals surface area contributed by atoms with E-state index in [2.05, 4.69) is 29.4 Å². The SMILES string of the molecule is CC(NC(C)c1ccc(F)cn1)c1ccccc1. The Balaban J connectivity index is 2.03. The van der Waals surface area contributed by atoms with Gasteiger partial charge in [0.1, 0.15) is 5.82 Å². The Morgan fingerprint density at radius 1 is 1.00 bits per heavy atom. The summed E-state index contributed by atoms with van der Waals surface area (Å²) in [5, 5.41) is 3.45. The first-order chi connectivity index (χ1) is 8.66. The van der Waals surface area contributed by atoms with Crippen molar-refractivity contribution in [3.63, 3.8) is 0 Å². The highest BCUT2D eigenvalue weighted by Gasteiger charge is 2.11. The molecule has 0 amide bonds. The van der Waals surface area contributed by atoms with Crippen molar-refractivity contribution in [2.45, 2.75) is 25.9 Å². The lowest BCUT2D eigenvalue weighted by atomic mass is 10.1. The van der Waals surface area contributed by atoms with E-state index < -0.39 is 0 Å². The predicted octanol–water partition coefficient (Wildman–Crippen LogP) is 3.63. The summed E-state index contributed by atoms with van der Waals surface area (Å²) < 4.78 is 12.8. The summed E-state index contributed by atoms with van der Waals surface area (Å²) in [5.74, 6) is -0.304. The van der Waals surface area contributed by atoms with E-state index >= 15 is 0 Å². The van der Waals surface area contributed by atoms with Crippen molar-refractivity contribution >= 4 is 0 Å². The van der Waals surface area contributed by atoms with Gasteiger partial charge < -0.3 is 5.32 Å². The van der Waals surface area contributed by atoms with Crippen LogP contribution in [0.1, 0.15) is 37.2 Å². The summed E-state index contributed by atoms with van der Waals surface area (Å²) in [5.41, 5.74) is 2.07. The average molecular weight is 244 g/mol. The number of hydrogen-bond donors (Lipinski definition) is 1. The predicted molar refractivity (Wildman–Crippen MR) is 70.6 cm³/mol. The topological polar surface area (TPSA) is 24.9 Å². The van der Waals surface area contributed by atoms with E-state index in [1.54, 1.807) is 6.07 Å². The molecule has 0 spiro atoms. The van der Waals surface area contributed by atoms with Gasteiger partial charge in [-0.3, -0.25) is 4.98 Å². The molecule has 2 aromatic rings. The van der Waals surface area contributed by atoms with Gasteiger partial charge in [0.2, 0.25) is 0 Å². The van der Waals surface area contributed by atoms with Gasteiger partial charge >= 0.3 is 0 Å². The Morgan fingerprint density at radius 3 is 2.33 bits per heavy atom. The quantitative estimate of drug-likeness (QED) is 0.888. The minimum absolute atomic E-state index is 0.0841. The molecule has 2 unspecified atom stereocenters. The molecule has 0 radical (unpaired) electrons. The van der Waals surface area contributed by atoms with E-state index in [9.17, 15) is 4.39 Å². The zero-order valence-electron chi connectivity index (χ0n) is 10.6. The Morgan fingerprint density at radius 2 is 1.72 bits per heavy atom. The maximum atomic E-state index is 12.8. The number of halogens is 1. The molecule has 1 aromatic heterocycles. The molecular weight excluding hydrogens is 227 g/mol. The lowest BCUT2D eigenvalue weighted by Gasteiger charge is -2.20. The summed E-state index contributed by atoms with van der Waals surface area (Å²) in [4.78, 5) is 4.09. The van der Waals surface area contributed by atoms with E-state index in [0.29, 0.717) is 0 Å². The number of hydrogen-bond acceptors (Lipinski definition) is 2. The van der Waals surface area contributed by atoms with E-state index in [-0.39, 0.29) is 17.9 Å². The Labute approximate surface area is 107 Å². The first kappa shape index (κ1) is 12.7. The molecule has 2 rings (SSSR count). The van der Waals surface area contributed by atoms with Crippen molar-refractivity contribution in [2.24, 2.45) is 0 Å². The van der Waals surface area contributed by atoms with Crippen LogP contribution >= 0.6 is 0 Å². The molecule has 1 aromatic carbocycles. The van der Waals surface area contributed by atoms with Crippen molar-refractivity contribution in [1.82, 2.24) is 10.3 Å². The monoisotopic (exact) mass is 244 g/mol. The van der Waals surface area contributed by atoms with Gasteiger partial charge in [-0.05, 0) is 31.5 Å². The highest BCUT2D eigenvalue weighted by atomic mass is 19.1. The Bertz CT molecular complexity index is 482. The Hall–Kier alpha value is -1.74. The fourth-order valence-corrected chi connectivity index (χ4v) is 1.94. The summed E-state index contributed by atoms with van der Waals surface area (Å²) in [6.07, 6.45) is 1.25. The van der Waals surface area contributed by atoms with Crippen molar-refractivity contribution in [3.8, 4) is 0 Å². The third kappa shape index (κ3) is 3.14. The molecular formula is C15H17FN2. The Kier molecular flexibility index (Phi) is 4.05. The highest BCUT2D eigenvalue weighted by molar-refractivity contribution is 5.19. The van der Waals surface area contributed by atoms with E-state index in [0.717, 1.165) is 5.69 Å². The number of aromatic nitrogens is 1. The number of nitrogens with one attached hydrogen (secondary N) is 1. The molecule has 0 fully saturated rings. The van der Waals surface area contributed by atoms with Crippen molar-refractivity contribution in [3.05, 3.63) is 65.7 Å². The fourth-order valence-electron chi connectivity index (χ4n) is 1.94. The van der Waals surface area contributed by atoms with Gasteiger partial charge in [-0.15, -0.1) is 0 Å². The zero-order chi connectivity index (χ0) is 13.0. The molecule has 0 aliphatic heterocycles. The van der Waals surface area contributed by atoms with E-state index in [1.807, 2.05) is 25.1 Å². The van der Waals surface area contributed by atoms with Gasteiger partial charge in [0, 0.05) is 12.1 Å². The molecule has 1 N–H and O–H groups in total. The van der Waals surface area contributed by atoms with Crippen LogP contribution < -0.4 is 5.32 Å². The molecule has 18 heavy (non-hydrogen) atoms. The van der Waals surface area contributed by atoms with Gasteiger partial charge in [0.15, 0.2) is 0 Å². The van der Waals surface area contributed by atoms with Crippen molar-refractivity contribution in [2.75, 3.05) is 0 Å². The summed E-state index contributed by atoms with van der Waals surface area (Å²) in [6, 6.07) is 13.7. The molecule has 0 aliphatic carbocycles. The average Bonchev–Trinajstić information content (AvgIpc) is 2.40. The van der Waals surface area contributed by atoms with Crippen LogP contribution in [0.2, 0.25) is 0 Å². The maximum absolute atomic E-state index is 12.8. The summed E-state index contributed by atoms with van der Waals surface area (Å²) in [7, 11) is 0. The molecule has 3 heteroatoms. The van der Waals surface area contributed by atoms with Crippen LogP contribution in [0.4, 0.5) is 4.39 Å². The number of nitrogens with zero attached hydrogens (tertiary/aromatic N) is 1. The van der Waals surface area contributed by atoms with Crippen LogP contribution in [0.5, 0.6) is 0 Å². The molecule has 94 valence electrons. The van der Waals surface area contributed by atoms with Gasteiger partial charge in [0.05, 0.1) is 11.9 Å². The smallest absolute Gasteiger partial charge is 0.141 e. The second kappa shape index (κ2) is 5.74. The second-order valence-electron chi connectivity index (χ2n) is 4.42. The molecule has 2 nitrogen and oxygen atoms in total. The van der Waals surface area contributed by atoms with Gasteiger partial charge in [0.25, 0.3) is 0 Å². The number of rotatable bonds is 4. The molecule has 1 heterocycles. The third-order valence-corrected chi connectivity index (χ3v) is 2.99. The normalized spacial score (nSPS) is 14.2. The van der Waals surface area contributed by atoms with Crippen LogP contribution in [-0.2, 0) is 0 Å². The first-order valence-electron chi connectivity index (χ1n) is 6.09. The second-order valence-corrected chi connectivity index (χ2v) is 4.42. The van der Waals surface area contributed by atoms with E-state index in [4.69, 9.17) is 0 Å². The first-order valence-corrected chi connectivity index (χ1v) is 6.09. The third-order valence-electron chi connectivity index (χ3n) is 2.99. The molecule has 0 aliphatic rings. The van der Waals surface area contributed by atoms with Crippen LogP contribution in [0.3, 0.4) is 0 Å². The molecule has 0 bridgehead atoms. The van der Waals surface area contributed by atoms with Crippen LogP contribution in [0.25, 0.3) is 0 Å². The molecule has 0 saturated carbocycles. The number of pyridine rings is 1. The van der Waals surface area contributed by atoms with E-state index in [1.165, 1.54) is 17.8 Å². The van der Waals surface area contributed by atoms with Crippen molar-refractivity contribution in [1.29, 1.82) is 0 Å². The number of benzene rings is 1. The van der Waals surface area contributed by atoms with Gasteiger partial charge in [-0.25, -0.2) is 4.39 Å². The van der Waals surface area contributed by atoms with Crippen molar-refractivity contribution < 1.29 is 4.39 Å². The largest absolute Gasteiger partial charge is 0.302 e. The summed E-state index contributed by atoms with van der Waals surface area (Å²) >= 11 is 0. The van der Waals surface area contributed by atoms with Gasteiger partial charge in [-0.2, -0.15) is 0 Å². The van der Waals surface area contributed by atoms with Crippen LogP contribution in [0, 0.1) is 5.82 Å². The van der Waals surface area contributed by atoms with Crippen LogP contribution in [-0.4, -0.2) is 4.98 Å². The van der Waals surface area contributed by atoms with Crippen LogP contribution in [0.15, 0.2) is 48.7 Å².